The third-order valence-electron chi connectivity index (χ3n) is 2.80. The average Bonchev–Trinajstić information content (AvgIpc) is 3.00. The Morgan fingerprint density at radius 3 is 2.74 bits per heavy atom. The maximum absolute atomic E-state index is 12.0. The number of halogens is 1. The van der Waals surface area contributed by atoms with Crippen LogP contribution < -0.4 is 5.32 Å². The largest absolute Gasteiger partial charge is 0.349 e. The molecule has 2 aromatic heterocycles. The van der Waals surface area contributed by atoms with Crippen molar-refractivity contribution in [3.05, 3.63) is 43.2 Å². The van der Waals surface area contributed by atoms with E-state index >= 15 is 0 Å². The van der Waals surface area contributed by atoms with Crippen molar-refractivity contribution in [1.29, 1.82) is 0 Å². The smallest absolute Gasteiger partial charge is 0.261 e. The zero-order chi connectivity index (χ0) is 13.8. The Morgan fingerprint density at radius 1 is 1.42 bits per heavy atom. The number of rotatable bonds is 5. The summed E-state index contributed by atoms with van der Waals surface area (Å²) < 4.78 is 0.972. The van der Waals surface area contributed by atoms with E-state index in [2.05, 4.69) is 43.0 Å². The maximum atomic E-state index is 12.0. The molecule has 6 heteroatoms. The number of nitrogens with zero attached hydrogens (tertiary/aromatic N) is 1. The molecule has 1 N–H and O–H groups in total. The van der Waals surface area contributed by atoms with Crippen LogP contribution in [0.3, 0.4) is 0 Å². The Kier molecular flexibility index (Phi) is 5.15. The number of carbonyl (C=O) groups excluding carboxylic acids is 1. The van der Waals surface area contributed by atoms with Crippen molar-refractivity contribution in [3.63, 3.8) is 0 Å². The molecule has 0 bridgehead atoms. The van der Waals surface area contributed by atoms with E-state index in [4.69, 9.17) is 0 Å². The van der Waals surface area contributed by atoms with Crippen LogP contribution in [0.2, 0.25) is 0 Å². The Hall–Kier alpha value is -0.690. The Labute approximate surface area is 129 Å². The van der Waals surface area contributed by atoms with Gasteiger partial charge in [0.1, 0.15) is 0 Å². The van der Waals surface area contributed by atoms with E-state index in [0.717, 1.165) is 8.66 Å². The van der Waals surface area contributed by atoms with E-state index in [1.54, 1.807) is 11.3 Å². The van der Waals surface area contributed by atoms with Gasteiger partial charge in [-0.3, -0.25) is 4.79 Å². The molecule has 0 aliphatic rings. The summed E-state index contributed by atoms with van der Waals surface area (Å²) in [6.07, 6.45) is 0. The van der Waals surface area contributed by atoms with E-state index in [1.807, 2.05) is 26.2 Å². The van der Waals surface area contributed by atoms with E-state index in [1.165, 1.54) is 16.9 Å². The summed E-state index contributed by atoms with van der Waals surface area (Å²) >= 11 is 6.49. The van der Waals surface area contributed by atoms with Gasteiger partial charge in [-0.05, 0) is 64.5 Å². The minimum atomic E-state index is -0.0159. The standard InChI is InChI=1S/C13H15BrN2OS2/c1-16(2)10(9-5-6-18-8-9)7-15-13(17)11-3-4-12(14)19-11/h3-6,8,10H,7H2,1-2H3,(H,15,17). The Morgan fingerprint density at radius 2 is 2.21 bits per heavy atom. The highest BCUT2D eigenvalue weighted by molar-refractivity contribution is 9.11. The van der Waals surface area contributed by atoms with Crippen molar-refractivity contribution in [2.24, 2.45) is 0 Å². The van der Waals surface area contributed by atoms with E-state index in [0.29, 0.717) is 6.54 Å². The van der Waals surface area contributed by atoms with Gasteiger partial charge in [0, 0.05) is 6.54 Å². The van der Waals surface area contributed by atoms with Crippen molar-refractivity contribution in [3.8, 4) is 0 Å². The summed E-state index contributed by atoms with van der Waals surface area (Å²) in [4.78, 5) is 14.9. The Bertz CT molecular complexity index is 537. The zero-order valence-electron chi connectivity index (χ0n) is 10.7. The van der Waals surface area contributed by atoms with Crippen LogP contribution in [0.5, 0.6) is 0 Å². The number of likely N-dealkylation sites (N-methyl/N-ethyl adjacent to an activating group) is 1. The zero-order valence-corrected chi connectivity index (χ0v) is 13.9. The first-order valence-corrected chi connectivity index (χ1v) is 8.35. The maximum Gasteiger partial charge on any atom is 0.261 e. The third kappa shape index (κ3) is 3.89. The van der Waals surface area contributed by atoms with Crippen molar-refractivity contribution >= 4 is 44.5 Å². The monoisotopic (exact) mass is 358 g/mol. The number of hydrogen-bond acceptors (Lipinski definition) is 4. The van der Waals surface area contributed by atoms with E-state index in [9.17, 15) is 4.79 Å². The number of thiophene rings is 2. The molecule has 0 spiro atoms. The van der Waals surface area contributed by atoms with Gasteiger partial charge in [0.2, 0.25) is 0 Å². The molecule has 102 valence electrons. The number of hydrogen-bond donors (Lipinski definition) is 1. The highest BCUT2D eigenvalue weighted by Crippen LogP contribution is 2.23. The summed E-state index contributed by atoms with van der Waals surface area (Å²) in [6.45, 7) is 0.609. The molecule has 0 aromatic carbocycles. The first-order valence-electron chi connectivity index (χ1n) is 5.80. The highest BCUT2D eigenvalue weighted by atomic mass is 79.9. The van der Waals surface area contributed by atoms with Gasteiger partial charge >= 0.3 is 0 Å². The molecule has 2 aromatic rings. The number of nitrogens with one attached hydrogen (secondary N) is 1. The molecule has 2 rings (SSSR count). The molecule has 1 unspecified atom stereocenters. The van der Waals surface area contributed by atoms with Gasteiger partial charge in [0.15, 0.2) is 0 Å². The minimum Gasteiger partial charge on any atom is -0.349 e. The molecular formula is C13H15BrN2OS2. The average molecular weight is 359 g/mol. The van der Waals surface area contributed by atoms with Gasteiger partial charge in [-0.1, -0.05) is 0 Å². The normalized spacial score (nSPS) is 12.6. The van der Waals surface area contributed by atoms with E-state index < -0.39 is 0 Å². The summed E-state index contributed by atoms with van der Waals surface area (Å²) in [5.74, 6) is -0.0159. The van der Waals surface area contributed by atoms with Crippen LogP contribution in [-0.2, 0) is 0 Å². The van der Waals surface area contributed by atoms with Gasteiger partial charge in [-0.15, -0.1) is 11.3 Å². The van der Waals surface area contributed by atoms with Gasteiger partial charge in [0.25, 0.3) is 5.91 Å². The second-order valence-electron chi connectivity index (χ2n) is 4.35. The molecular weight excluding hydrogens is 344 g/mol. The topological polar surface area (TPSA) is 32.3 Å². The third-order valence-corrected chi connectivity index (χ3v) is 5.13. The van der Waals surface area contributed by atoms with Crippen molar-refractivity contribution in [2.75, 3.05) is 20.6 Å². The summed E-state index contributed by atoms with van der Waals surface area (Å²) in [7, 11) is 4.05. The van der Waals surface area contributed by atoms with E-state index in [-0.39, 0.29) is 11.9 Å². The van der Waals surface area contributed by atoms with Crippen LogP contribution in [0.15, 0.2) is 32.7 Å². The van der Waals surface area contributed by atoms with Crippen LogP contribution in [-0.4, -0.2) is 31.4 Å². The lowest BCUT2D eigenvalue weighted by atomic mass is 10.1. The first kappa shape index (κ1) is 14.7. The molecule has 0 aliphatic carbocycles. The molecule has 0 radical (unpaired) electrons. The van der Waals surface area contributed by atoms with Crippen LogP contribution in [0, 0.1) is 0 Å². The molecule has 0 fully saturated rings. The number of amides is 1. The quantitative estimate of drug-likeness (QED) is 0.885. The summed E-state index contributed by atoms with van der Waals surface area (Å²) in [5, 5.41) is 7.18. The first-order chi connectivity index (χ1) is 9.08. The molecule has 0 saturated carbocycles. The van der Waals surface area contributed by atoms with Crippen molar-refractivity contribution in [1.82, 2.24) is 10.2 Å². The summed E-state index contributed by atoms with van der Waals surface area (Å²) in [6, 6.07) is 6.03. The second kappa shape index (κ2) is 6.65. The fraction of sp³-hybridized carbons (Fsp3) is 0.308. The molecule has 1 amide bonds. The molecule has 0 aliphatic heterocycles. The predicted molar refractivity (Wildman–Crippen MR) is 85.1 cm³/mol. The summed E-state index contributed by atoms with van der Waals surface area (Å²) in [5.41, 5.74) is 1.24. The number of carbonyl (C=O) groups is 1. The SMILES string of the molecule is CN(C)C(CNC(=O)c1ccc(Br)s1)c1ccsc1. The molecule has 1 atom stereocenters. The lowest BCUT2D eigenvalue weighted by molar-refractivity contribution is 0.0946. The van der Waals surface area contributed by atoms with Gasteiger partial charge in [0.05, 0.1) is 14.7 Å². The lowest BCUT2D eigenvalue weighted by Crippen LogP contribution is -2.34. The van der Waals surface area contributed by atoms with Crippen molar-refractivity contribution < 1.29 is 4.79 Å². The predicted octanol–water partition coefficient (Wildman–Crippen LogP) is 3.60. The van der Waals surface area contributed by atoms with Crippen LogP contribution in [0.4, 0.5) is 0 Å². The molecule has 0 saturated heterocycles. The lowest BCUT2D eigenvalue weighted by Gasteiger charge is -2.23. The van der Waals surface area contributed by atoms with Gasteiger partial charge < -0.3 is 10.2 Å². The van der Waals surface area contributed by atoms with Crippen LogP contribution >= 0.6 is 38.6 Å². The van der Waals surface area contributed by atoms with Crippen LogP contribution in [0.25, 0.3) is 0 Å². The molecule has 19 heavy (non-hydrogen) atoms. The van der Waals surface area contributed by atoms with Gasteiger partial charge in [-0.25, -0.2) is 0 Å². The minimum absolute atomic E-state index is 0.0159. The highest BCUT2D eigenvalue weighted by Gasteiger charge is 2.16. The van der Waals surface area contributed by atoms with Gasteiger partial charge in [-0.2, -0.15) is 11.3 Å². The van der Waals surface area contributed by atoms with Crippen LogP contribution in [0.1, 0.15) is 21.3 Å². The molecule has 2 heterocycles. The fourth-order valence-electron chi connectivity index (χ4n) is 1.78. The fourth-order valence-corrected chi connectivity index (χ4v) is 3.79. The second-order valence-corrected chi connectivity index (χ2v) is 7.59. The Balaban J connectivity index is 1.98. The van der Waals surface area contributed by atoms with Crippen molar-refractivity contribution in [2.45, 2.75) is 6.04 Å². The molecule has 3 nitrogen and oxygen atoms in total.